The summed E-state index contributed by atoms with van der Waals surface area (Å²) in [6, 6.07) is 0. The van der Waals surface area contributed by atoms with Crippen LogP contribution in [0.15, 0.2) is 6.33 Å². The summed E-state index contributed by atoms with van der Waals surface area (Å²) in [5.41, 5.74) is 0. The summed E-state index contributed by atoms with van der Waals surface area (Å²) >= 11 is 0. The van der Waals surface area contributed by atoms with Gasteiger partial charge in [-0.2, -0.15) is 0 Å². The van der Waals surface area contributed by atoms with Crippen LogP contribution in [0.4, 0.5) is 0 Å². The zero-order valence-electron chi connectivity index (χ0n) is 10.9. The number of hydrogen-bond donors (Lipinski definition) is 1. The van der Waals surface area contributed by atoms with Crippen molar-refractivity contribution in [2.24, 2.45) is 5.92 Å². The fraction of sp³-hybridized carbons (Fsp3) is 0.846. The molecule has 1 saturated carbocycles. The average Bonchev–Trinajstić information content (AvgIpc) is 2.83. The molecule has 0 radical (unpaired) electrons. The molecule has 1 N–H and O–H groups in total. The topological polar surface area (TPSA) is 42.7 Å². The third-order valence-electron chi connectivity index (χ3n) is 3.77. The minimum atomic E-state index is 0.848. The van der Waals surface area contributed by atoms with Crippen molar-refractivity contribution >= 4 is 0 Å². The highest BCUT2D eigenvalue weighted by Crippen LogP contribution is 2.25. The Morgan fingerprint density at radius 2 is 2.18 bits per heavy atom. The Morgan fingerprint density at radius 1 is 1.35 bits per heavy atom. The lowest BCUT2D eigenvalue weighted by Crippen LogP contribution is -2.21. The van der Waals surface area contributed by atoms with Crippen LogP contribution in [-0.4, -0.2) is 21.3 Å². The molecule has 0 aromatic carbocycles. The molecule has 96 valence electrons. The molecule has 1 aliphatic carbocycles. The number of rotatable bonds is 6. The van der Waals surface area contributed by atoms with Crippen molar-refractivity contribution < 1.29 is 0 Å². The molecule has 0 saturated heterocycles. The molecule has 0 bridgehead atoms. The molecule has 1 aromatic rings. The van der Waals surface area contributed by atoms with Gasteiger partial charge in [0.15, 0.2) is 0 Å². The summed E-state index contributed by atoms with van der Waals surface area (Å²) in [6.07, 6.45) is 10.3. The van der Waals surface area contributed by atoms with E-state index in [2.05, 4.69) is 27.0 Å². The van der Waals surface area contributed by atoms with Crippen molar-refractivity contribution in [3.8, 4) is 0 Å². The van der Waals surface area contributed by atoms with Crippen LogP contribution in [0.25, 0.3) is 0 Å². The fourth-order valence-electron chi connectivity index (χ4n) is 2.66. The zero-order chi connectivity index (χ0) is 11.9. The average molecular weight is 236 g/mol. The Bertz CT molecular complexity index is 315. The second kappa shape index (κ2) is 6.74. The van der Waals surface area contributed by atoms with E-state index in [1.807, 2.05) is 0 Å². The first-order valence-corrected chi connectivity index (χ1v) is 6.97. The summed E-state index contributed by atoms with van der Waals surface area (Å²) in [6.45, 7) is 5.03. The molecular weight excluding hydrogens is 212 g/mol. The minimum absolute atomic E-state index is 0.848. The number of nitrogens with one attached hydrogen (secondary N) is 1. The molecule has 1 heterocycles. The van der Waals surface area contributed by atoms with Crippen LogP contribution in [0.2, 0.25) is 0 Å². The van der Waals surface area contributed by atoms with Gasteiger partial charge in [0.1, 0.15) is 12.2 Å². The van der Waals surface area contributed by atoms with Gasteiger partial charge in [-0.3, -0.25) is 0 Å². The van der Waals surface area contributed by atoms with E-state index >= 15 is 0 Å². The molecule has 1 aliphatic rings. The first kappa shape index (κ1) is 12.6. The van der Waals surface area contributed by atoms with E-state index in [4.69, 9.17) is 0 Å². The summed E-state index contributed by atoms with van der Waals surface area (Å²) < 4.78 is 2.09. The Hall–Kier alpha value is -0.900. The second-order valence-corrected chi connectivity index (χ2v) is 5.00. The van der Waals surface area contributed by atoms with Gasteiger partial charge in [0.2, 0.25) is 0 Å². The molecule has 0 aliphatic heterocycles. The molecule has 4 nitrogen and oxygen atoms in total. The van der Waals surface area contributed by atoms with Crippen molar-refractivity contribution in [2.45, 2.75) is 58.5 Å². The molecule has 0 atom stereocenters. The van der Waals surface area contributed by atoms with E-state index in [9.17, 15) is 0 Å². The lowest BCUT2D eigenvalue weighted by molar-refractivity contribution is 0.333. The lowest BCUT2D eigenvalue weighted by atomic mass is 9.87. The summed E-state index contributed by atoms with van der Waals surface area (Å²) in [7, 11) is 0. The van der Waals surface area contributed by atoms with Crippen molar-refractivity contribution in [2.75, 3.05) is 6.54 Å². The number of aryl methyl sites for hydroxylation is 1. The van der Waals surface area contributed by atoms with Crippen LogP contribution in [0.1, 0.15) is 51.3 Å². The smallest absolute Gasteiger partial charge is 0.146 e. The third-order valence-corrected chi connectivity index (χ3v) is 3.77. The Kier molecular flexibility index (Phi) is 4.98. The standard InChI is InChI=1S/C13H24N4/c1-2-17-11-15-16-13(17)10-14-9-8-12-6-4-3-5-7-12/h11-12,14H,2-10H2,1H3. The Morgan fingerprint density at radius 3 is 2.94 bits per heavy atom. The fourth-order valence-corrected chi connectivity index (χ4v) is 2.66. The SMILES string of the molecule is CCn1cnnc1CNCCC1CCCCC1. The van der Waals surface area contributed by atoms with E-state index < -0.39 is 0 Å². The summed E-state index contributed by atoms with van der Waals surface area (Å²) in [5, 5.41) is 11.5. The Balaban J connectivity index is 1.62. The van der Waals surface area contributed by atoms with Crippen LogP contribution in [0.5, 0.6) is 0 Å². The van der Waals surface area contributed by atoms with Gasteiger partial charge in [-0.15, -0.1) is 10.2 Å². The Labute approximate surface area is 104 Å². The van der Waals surface area contributed by atoms with Crippen LogP contribution in [-0.2, 0) is 13.1 Å². The van der Waals surface area contributed by atoms with Gasteiger partial charge in [-0.05, 0) is 25.8 Å². The van der Waals surface area contributed by atoms with Crippen molar-refractivity contribution in [1.29, 1.82) is 0 Å². The maximum atomic E-state index is 4.12. The van der Waals surface area contributed by atoms with Gasteiger partial charge in [-0.1, -0.05) is 32.1 Å². The lowest BCUT2D eigenvalue weighted by Gasteiger charge is -2.21. The first-order chi connectivity index (χ1) is 8.40. The first-order valence-electron chi connectivity index (χ1n) is 6.97. The van der Waals surface area contributed by atoms with Crippen molar-refractivity contribution in [1.82, 2.24) is 20.1 Å². The van der Waals surface area contributed by atoms with Crippen LogP contribution < -0.4 is 5.32 Å². The van der Waals surface area contributed by atoms with Gasteiger partial charge in [-0.25, -0.2) is 0 Å². The number of hydrogen-bond acceptors (Lipinski definition) is 3. The molecule has 1 aromatic heterocycles. The monoisotopic (exact) mass is 236 g/mol. The largest absolute Gasteiger partial charge is 0.317 e. The summed E-state index contributed by atoms with van der Waals surface area (Å²) in [4.78, 5) is 0. The highest BCUT2D eigenvalue weighted by molar-refractivity contribution is 4.84. The second-order valence-electron chi connectivity index (χ2n) is 5.00. The number of nitrogens with zero attached hydrogens (tertiary/aromatic N) is 3. The van der Waals surface area contributed by atoms with Gasteiger partial charge in [0.25, 0.3) is 0 Å². The van der Waals surface area contributed by atoms with Crippen LogP contribution >= 0.6 is 0 Å². The van der Waals surface area contributed by atoms with Gasteiger partial charge >= 0.3 is 0 Å². The van der Waals surface area contributed by atoms with Gasteiger partial charge in [0.05, 0.1) is 6.54 Å². The van der Waals surface area contributed by atoms with Crippen LogP contribution in [0.3, 0.4) is 0 Å². The molecule has 0 unspecified atom stereocenters. The maximum Gasteiger partial charge on any atom is 0.146 e. The van der Waals surface area contributed by atoms with Crippen molar-refractivity contribution in [3.63, 3.8) is 0 Å². The minimum Gasteiger partial charge on any atom is -0.317 e. The van der Waals surface area contributed by atoms with Crippen LogP contribution in [0, 0.1) is 5.92 Å². The highest BCUT2D eigenvalue weighted by atomic mass is 15.3. The molecule has 1 fully saturated rings. The van der Waals surface area contributed by atoms with Gasteiger partial charge in [0, 0.05) is 6.54 Å². The predicted octanol–water partition coefficient (Wildman–Crippen LogP) is 2.36. The quantitative estimate of drug-likeness (QED) is 0.771. The van der Waals surface area contributed by atoms with E-state index in [0.29, 0.717) is 0 Å². The summed E-state index contributed by atoms with van der Waals surface area (Å²) in [5.74, 6) is 2.01. The molecular formula is C13H24N4. The molecule has 2 rings (SSSR count). The van der Waals surface area contributed by atoms with Crippen molar-refractivity contribution in [3.05, 3.63) is 12.2 Å². The molecule has 17 heavy (non-hydrogen) atoms. The zero-order valence-corrected chi connectivity index (χ0v) is 10.9. The predicted molar refractivity (Wildman–Crippen MR) is 68.6 cm³/mol. The molecule has 0 amide bonds. The number of aromatic nitrogens is 3. The van der Waals surface area contributed by atoms with E-state index in [1.54, 1.807) is 6.33 Å². The highest BCUT2D eigenvalue weighted by Gasteiger charge is 2.12. The normalized spacial score (nSPS) is 17.5. The van der Waals surface area contributed by atoms with E-state index in [-0.39, 0.29) is 0 Å². The van der Waals surface area contributed by atoms with Gasteiger partial charge < -0.3 is 9.88 Å². The van der Waals surface area contributed by atoms with E-state index in [1.165, 1.54) is 38.5 Å². The maximum absolute atomic E-state index is 4.12. The molecule has 4 heteroatoms. The molecule has 0 spiro atoms. The van der Waals surface area contributed by atoms with E-state index in [0.717, 1.165) is 31.4 Å². The third kappa shape index (κ3) is 3.80.